The highest BCUT2D eigenvalue weighted by atomic mass is 32.2. The van der Waals surface area contributed by atoms with Gasteiger partial charge in [-0.15, -0.1) is 8.67 Å². The van der Waals surface area contributed by atoms with E-state index in [9.17, 15) is 5.26 Å². The van der Waals surface area contributed by atoms with Gasteiger partial charge in [0.15, 0.2) is 12.2 Å². The van der Waals surface area contributed by atoms with Crippen molar-refractivity contribution >= 4 is 86.2 Å². The summed E-state index contributed by atoms with van der Waals surface area (Å²) >= 11 is 5.44. The number of benzene rings is 4. The van der Waals surface area contributed by atoms with Crippen LogP contribution in [-0.4, -0.2) is 28.6 Å². The fourth-order valence-corrected chi connectivity index (χ4v) is 9.80. The van der Waals surface area contributed by atoms with Crippen molar-refractivity contribution in [3.63, 3.8) is 0 Å². The number of allylic oxidation sites excluding steroid dienone is 5. The summed E-state index contributed by atoms with van der Waals surface area (Å²) in [6.07, 6.45) is 12.0. The monoisotopic (exact) mass is 848 g/mol. The van der Waals surface area contributed by atoms with Gasteiger partial charge < -0.3 is 9.80 Å². The van der Waals surface area contributed by atoms with Crippen molar-refractivity contribution in [3.8, 4) is 6.07 Å². The number of anilines is 3. The van der Waals surface area contributed by atoms with Gasteiger partial charge in [0.2, 0.25) is 5.52 Å². The summed E-state index contributed by atoms with van der Waals surface area (Å²) in [5, 5.41) is 36.5. The third-order valence-electron chi connectivity index (χ3n) is 9.46. The van der Waals surface area contributed by atoms with E-state index >= 15 is 0 Å². The Morgan fingerprint density at radius 1 is 0.879 bits per heavy atom. The smallest absolute Gasteiger partial charge is 0.262 e. The van der Waals surface area contributed by atoms with E-state index in [-0.39, 0.29) is 0 Å². The number of nitriles is 1. The van der Waals surface area contributed by atoms with Crippen molar-refractivity contribution < 1.29 is 33.8 Å². The number of thioether (sulfide) groups is 1. The van der Waals surface area contributed by atoms with Gasteiger partial charge in [-0.2, -0.15) is 9.83 Å². The topological polar surface area (TPSA) is 116 Å². The Kier molecular flexibility index (Phi) is 14.7. The lowest BCUT2D eigenvalue weighted by atomic mass is 10.1. The molecule has 1 aliphatic heterocycles. The Hall–Kier alpha value is -4.88. The largest absolute Gasteiger partial charge is 0.335 e. The fraction of sp³-hybridized carbons (Fsp3) is 0.186. The van der Waals surface area contributed by atoms with Crippen LogP contribution in [0.5, 0.6) is 0 Å². The van der Waals surface area contributed by atoms with Gasteiger partial charge >= 0.3 is 0 Å². The van der Waals surface area contributed by atoms with E-state index < -0.39 is 0 Å². The summed E-state index contributed by atoms with van der Waals surface area (Å²) in [4.78, 5) is 9.35. The van der Waals surface area contributed by atoms with Crippen LogP contribution < -0.4 is 14.4 Å². The number of aromatic nitrogens is 1. The molecule has 7 rings (SSSR count). The molecule has 0 unspecified atom stereocenters. The van der Waals surface area contributed by atoms with Crippen LogP contribution in [0.4, 0.5) is 22.7 Å². The Morgan fingerprint density at radius 2 is 1.60 bits per heavy atom. The van der Waals surface area contributed by atoms with Crippen LogP contribution in [0.25, 0.3) is 21.1 Å². The van der Waals surface area contributed by atoms with E-state index in [1.165, 1.54) is 11.1 Å². The zero-order valence-electron chi connectivity index (χ0n) is 31.1. The first-order valence-corrected chi connectivity index (χ1v) is 21.8. The number of thiazole rings is 1. The first-order valence-electron chi connectivity index (χ1n) is 18.4. The Morgan fingerprint density at radius 3 is 2.29 bits per heavy atom. The maximum Gasteiger partial charge on any atom is 0.262 e. The Bertz CT molecular complexity index is 2390. The van der Waals surface area contributed by atoms with Gasteiger partial charge in [-0.25, -0.2) is 15.4 Å². The minimum absolute atomic E-state index is 0.587. The lowest BCUT2D eigenvalue weighted by Gasteiger charge is -2.28. The molecule has 1 aromatic heterocycles. The highest BCUT2D eigenvalue weighted by Crippen LogP contribution is 2.47. The highest BCUT2D eigenvalue weighted by Gasteiger charge is 2.29. The molecule has 0 atom stereocenters. The number of para-hydroxylation sites is 2. The van der Waals surface area contributed by atoms with Crippen LogP contribution in [-0.2, 0) is 25.3 Å². The van der Waals surface area contributed by atoms with E-state index in [1.54, 1.807) is 23.1 Å². The average molecular weight is 849 g/mol. The molecule has 58 heavy (non-hydrogen) atoms. The Balaban J connectivity index is 1.31. The SMILES string of the molecule is [C-]#[N+]c1ccc2sc(C=CC3=C(N(c4ccccc4)c4ccccc4)C(=CC=C4Sc5ccc(C#N)cc5N4CCCSOOO)CC3)[n+](CCCSOOO)c2c1. The van der Waals surface area contributed by atoms with Crippen LogP contribution in [0, 0.1) is 17.9 Å². The number of hydrogen-bond donors (Lipinski definition) is 2. The number of nitrogens with zero attached hydrogens (tertiary/aromatic N) is 5. The third-order valence-corrected chi connectivity index (χ3v) is 12.9. The van der Waals surface area contributed by atoms with Crippen LogP contribution in [0.3, 0.4) is 0 Å². The van der Waals surface area contributed by atoms with Gasteiger partial charge in [0.25, 0.3) is 5.01 Å². The van der Waals surface area contributed by atoms with Crippen molar-refractivity contribution in [2.75, 3.05) is 27.9 Å². The quantitative estimate of drug-likeness (QED) is 0.0218. The molecule has 0 saturated heterocycles. The maximum atomic E-state index is 9.69. The van der Waals surface area contributed by atoms with Crippen molar-refractivity contribution in [1.82, 2.24) is 0 Å². The summed E-state index contributed by atoms with van der Waals surface area (Å²) < 4.78 is 12.6. The second-order valence-electron chi connectivity index (χ2n) is 13.0. The molecule has 2 heterocycles. The minimum atomic E-state index is 0.587. The van der Waals surface area contributed by atoms with E-state index in [1.807, 2.05) is 48.5 Å². The molecule has 0 saturated carbocycles. The summed E-state index contributed by atoms with van der Waals surface area (Å²) in [5.74, 6) is 1.20. The number of aryl methyl sites for hydroxylation is 1. The average Bonchev–Trinajstić information content (AvgIpc) is 3.94. The summed E-state index contributed by atoms with van der Waals surface area (Å²) in [5.41, 5.74) is 8.76. The molecule has 0 radical (unpaired) electrons. The number of hydrogen-bond acceptors (Lipinski definition) is 13. The van der Waals surface area contributed by atoms with Crippen LogP contribution in [0.2, 0.25) is 0 Å². The number of fused-ring (bicyclic) bond motifs is 2. The second kappa shape index (κ2) is 20.7. The molecule has 2 aliphatic rings. The maximum absolute atomic E-state index is 9.69. The first-order chi connectivity index (χ1) is 28.6. The molecule has 5 aromatic rings. The predicted molar refractivity (Wildman–Crippen MR) is 233 cm³/mol. The van der Waals surface area contributed by atoms with Gasteiger partial charge in [-0.3, -0.25) is 0 Å². The minimum Gasteiger partial charge on any atom is -0.335 e. The zero-order chi connectivity index (χ0) is 40.1. The molecule has 2 N–H and O–H groups in total. The normalized spacial score (nSPS) is 15.2. The molecule has 0 fully saturated rings. The van der Waals surface area contributed by atoms with Gasteiger partial charge in [-0.05, 0) is 91.1 Å². The van der Waals surface area contributed by atoms with Crippen molar-refractivity contribution in [3.05, 3.63) is 159 Å². The van der Waals surface area contributed by atoms with Gasteiger partial charge in [0.1, 0.15) is 4.70 Å². The molecule has 15 heteroatoms. The summed E-state index contributed by atoms with van der Waals surface area (Å²) in [6, 6.07) is 34.7. The molecular formula is C43H38N5O6S4+. The molecule has 1 aliphatic carbocycles. The van der Waals surface area contributed by atoms with Crippen LogP contribution in [0.15, 0.2) is 142 Å². The van der Waals surface area contributed by atoms with E-state index in [4.69, 9.17) is 17.1 Å². The van der Waals surface area contributed by atoms with E-state index in [2.05, 4.69) is 117 Å². The third kappa shape index (κ3) is 9.86. The first kappa shape index (κ1) is 41.3. The van der Waals surface area contributed by atoms with Crippen LogP contribution in [0.1, 0.15) is 36.3 Å². The zero-order valence-corrected chi connectivity index (χ0v) is 34.4. The lowest BCUT2D eigenvalue weighted by Crippen LogP contribution is -2.35. The van der Waals surface area contributed by atoms with Gasteiger partial charge in [0, 0.05) is 77.0 Å². The fourth-order valence-electron chi connectivity index (χ4n) is 6.94. The molecule has 0 spiro atoms. The van der Waals surface area contributed by atoms with Crippen LogP contribution >= 0.6 is 47.2 Å². The molecule has 4 aromatic carbocycles. The summed E-state index contributed by atoms with van der Waals surface area (Å²) in [6.45, 7) is 8.98. The Labute approximate surface area is 353 Å². The van der Waals surface area contributed by atoms with Crippen molar-refractivity contribution in [2.24, 2.45) is 0 Å². The van der Waals surface area contributed by atoms with Gasteiger partial charge in [-0.1, -0.05) is 81.7 Å². The molecular weight excluding hydrogens is 811 g/mol. The van der Waals surface area contributed by atoms with E-state index in [0.29, 0.717) is 35.8 Å². The lowest BCUT2D eigenvalue weighted by molar-refractivity contribution is -0.668. The molecule has 294 valence electrons. The second-order valence-corrected chi connectivity index (χ2v) is 16.6. The standard InChI is InChI=1S/C43H37N5O6S4/c1-45-34-19-21-40-38(29-34)47(25-9-27-56-54-52-50)42(58-40)23-18-33-16-15-32(43(33)48(35-10-4-2-5-11-35)36-12-6-3-7-13-36)17-22-41-46(24-8-26-55-53-51-49)37-28-31(30-44)14-20-39(37)57-41/h2-7,10-14,17-23,28-29H,8-9,15-16,24-27H2,(H-,49,50)/p+1. The van der Waals surface area contributed by atoms with E-state index in [0.717, 1.165) is 97.7 Å². The molecule has 0 bridgehead atoms. The number of rotatable bonds is 18. The van der Waals surface area contributed by atoms with Crippen molar-refractivity contribution in [2.45, 2.75) is 37.1 Å². The summed E-state index contributed by atoms with van der Waals surface area (Å²) in [7, 11) is 0. The molecule has 11 nitrogen and oxygen atoms in total. The van der Waals surface area contributed by atoms with Crippen molar-refractivity contribution in [1.29, 1.82) is 5.26 Å². The van der Waals surface area contributed by atoms with Gasteiger partial charge in [0.05, 0.1) is 34.6 Å². The highest BCUT2D eigenvalue weighted by molar-refractivity contribution is 8.03. The molecule has 0 amide bonds. The predicted octanol–water partition coefficient (Wildman–Crippen LogP) is 11.8.